The largest absolute Gasteiger partial charge is 0.464 e. The van der Waals surface area contributed by atoms with Gasteiger partial charge in [-0.3, -0.25) is 4.79 Å². The number of nitrogens with one attached hydrogen (secondary N) is 1. The van der Waals surface area contributed by atoms with Crippen molar-refractivity contribution in [2.24, 2.45) is 0 Å². The quantitative estimate of drug-likeness (QED) is 0.810. The molecule has 88 valence electrons. The second kappa shape index (κ2) is 4.42. The highest BCUT2D eigenvalue weighted by Crippen LogP contribution is 2.12. The number of rotatable bonds is 2. The van der Waals surface area contributed by atoms with Gasteiger partial charge in [-0.15, -0.1) is 5.10 Å². The van der Waals surface area contributed by atoms with Crippen molar-refractivity contribution in [2.75, 3.05) is 7.11 Å². The van der Waals surface area contributed by atoms with E-state index in [2.05, 4.69) is 15.0 Å². The van der Waals surface area contributed by atoms with Crippen molar-refractivity contribution in [3.8, 4) is 5.69 Å². The molecule has 0 aliphatic heterocycles. The van der Waals surface area contributed by atoms with Crippen LogP contribution in [0.1, 0.15) is 10.5 Å². The van der Waals surface area contributed by atoms with E-state index >= 15 is 0 Å². The Hall–Kier alpha value is -2.08. The van der Waals surface area contributed by atoms with E-state index in [4.69, 9.17) is 11.6 Å². The van der Waals surface area contributed by atoms with E-state index in [0.29, 0.717) is 10.7 Å². The summed E-state index contributed by atoms with van der Waals surface area (Å²) in [4.78, 5) is 23.0. The van der Waals surface area contributed by atoms with E-state index in [1.54, 1.807) is 24.3 Å². The molecule has 0 spiro atoms. The number of nitrogens with zero attached hydrogens (tertiary/aromatic N) is 2. The molecular formula is C10H8ClN3O3. The van der Waals surface area contributed by atoms with E-state index in [-0.39, 0.29) is 5.69 Å². The van der Waals surface area contributed by atoms with Gasteiger partial charge in [0.2, 0.25) is 5.69 Å². The van der Waals surface area contributed by atoms with Crippen molar-refractivity contribution < 1.29 is 9.53 Å². The lowest BCUT2D eigenvalue weighted by molar-refractivity contribution is 0.0592. The first-order chi connectivity index (χ1) is 8.13. The summed E-state index contributed by atoms with van der Waals surface area (Å²) >= 11 is 5.80. The molecule has 0 saturated heterocycles. The van der Waals surface area contributed by atoms with Crippen molar-refractivity contribution in [3.05, 3.63) is 45.3 Å². The average molecular weight is 254 g/mol. The monoisotopic (exact) mass is 253 g/mol. The van der Waals surface area contributed by atoms with Gasteiger partial charge < -0.3 is 4.74 Å². The predicted molar refractivity (Wildman–Crippen MR) is 60.5 cm³/mol. The summed E-state index contributed by atoms with van der Waals surface area (Å²) in [5, 5.41) is 6.50. The van der Waals surface area contributed by atoms with Crippen LogP contribution in [0.15, 0.2) is 29.1 Å². The van der Waals surface area contributed by atoms with Crippen molar-refractivity contribution in [1.29, 1.82) is 0 Å². The van der Waals surface area contributed by atoms with Gasteiger partial charge in [0.25, 0.3) is 0 Å². The van der Waals surface area contributed by atoms with Crippen molar-refractivity contribution >= 4 is 17.6 Å². The van der Waals surface area contributed by atoms with Crippen LogP contribution < -0.4 is 5.56 Å². The van der Waals surface area contributed by atoms with Crippen LogP contribution in [0.5, 0.6) is 0 Å². The first-order valence-corrected chi connectivity index (χ1v) is 5.03. The molecule has 0 atom stereocenters. The number of carbonyl (C=O) groups is 1. The Kier molecular flexibility index (Phi) is 2.97. The van der Waals surface area contributed by atoms with E-state index in [0.717, 1.165) is 4.68 Å². The van der Waals surface area contributed by atoms with Crippen molar-refractivity contribution in [3.63, 3.8) is 0 Å². The third-order valence-electron chi connectivity index (χ3n) is 2.11. The highest BCUT2D eigenvalue weighted by molar-refractivity contribution is 6.30. The number of ether oxygens (including phenoxy) is 1. The second-order valence-electron chi connectivity index (χ2n) is 3.17. The van der Waals surface area contributed by atoms with E-state index in [1.807, 2.05) is 0 Å². The number of hydrogen-bond donors (Lipinski definition) is 1. The molecule has 0 unspecified atom stereocenters. The lowest BCUT2D eigenvalue weighted by Crippen LogP contribution is -2.21. The van der Waals surface area contributed by atoms with Crippen LogP contribution in [0, 0.1) is 0 Å². The lowest BCUT2D eigenvalue weighted by atomic mass is 10.3. The number of halogens is 1. The summed E-state index contributed by atoms with van der Waals surface area (Å²) in [5.74, 6) is -0.785. The minimum atomic E-state index is -0.785. The second-order valence-corrected chi connectivity index (χ2v) is 3.61. The van der Waals surface area contributed by atoms with Gasteiger partial charge in [-0.1, -0.05) is 17.7 Å². The fourth-order valence-electron chi connectivity index (χ4n) is 1.32. The molecule has 7 heteroatoms. The molecule has 6 nitrogen and oxygen atoms in total. The topological polar surface area (TPSA) is 77.0 Å². The summed E-state index contributed by atoms with van der Waals surface area (Å²) in [6, 6.07) is 6.59. The van der Waals surface area contributed by atoms with Crippen LogP contribution in [0.25, 0.3) is 5.69 Å². The summed E-state index contributed by atoms with van der Waals surface area (Å²) in [5.41, 5.74) is -0.392. The first-order valence-electron chi connectivity index (χ1n) is 4.65. The van der Waals surface area contributed by atoms with Gasteiger partial charge in [-0.2, -0.15) is 0 Å². The Labute approximate surface area is 101 Å². The molecule has 0 bridgehead atoms. The minimum absolute atomic E-state index is 0.299. The minimum Gasteiger partial charge on any atom is -0.464 e. The zero-order valence-electron chi connectivity index (χ0n) is 8.81. The standard InChI is InChI=1S/C10H8ClN3O3/c1-17-10(16)8-9(15)14(13-12-8)7-4-2-3-6(11)5-7/h2-5,13H,1H3. The third-order valence-corrected chi connectivity index (χ3v) is 2.35. The predicted octanol–water partition coefficient (Wildman–Crippen LogP) is 1.00. The van der Waals surface area contributed by atoms with Gasteiger partial charge in [-0.25, -0.2) is 14.7 Å². The van der Waals surface area contributed by atoms with Crippen LogP contribution in [0.4, 0.5) is 0 Å². The molecule has 1 aromatic carbocycles. The zero-order valence-corrected chi connectivity index (χ0v) is 9.56. The first kappa shape index (κ1) is 11.4. The van der Waals surface area contributed by atoms with Gasteiger partial charge in [-0.05, 0) is 18.2 Å². The zero-order chi connectivity index (χ0) is 12.4. The maximum absolute atomic E-state index is 11.8. The number of esters is 1. The van der Waals surface area contributed by atoms with Crippen molar-refractivity contribution in [1.82, 2.24) is 15.0 Å². The number of methoxy groups -OCH3 is 1. The number of carbonyl (C=O) groups excluding carboxylic acids is 1. The molecule has 1 aromatic heterocycles. The van der Waals surface area contributed by atoms with Crippen molar-refractivity contribution in [2.45, 2.75) is 0 Å². The number of aromatic nitrogens is 3. The number of benzene rings is 1. The summed E-state index contributed by atoms with van der Waals surface area (Å²) in [7, 11) is 1.18. The van der Waals surface area contributed by atoms with Crippen LogP contribution in [-0.4, -0.2) is 28.1 Å². The molecule has 1 N–H and O–H groups in total. The molecule has 2 aromatic rings. The van der Waals surface area contributed by atoms with Crippen LogP contribution in [0.2, 0.25) is 5.02 Å². The molecular weight excluding hydrogens is 246 g/mol. The Balaban J connectivity index is 2.52. The normalized spacial score (nSPS) is 10.2. The number of aromatic amines is 1. The van der Waals surface area contributed by atoms with Crippen LogP contribution in [0.3, 0.4) is 0 Å². The van der Waals surface area contributed by atoms with Gasteiger partial charge in [0.1, 0.15) is 0 Å². The molecule has 0 fully saturated rings. The van der Waals surface area contributed by atoms with Crippen LogP contribution >= 0.6 is 11.6 Å². The van der Waals surface area contributed by atoms with E-state index in [9.17, 15) is 9.59 Å². The summed E-state index contributed by atoms with van der Waals surface area (Å²) < 4.78 is 5.54. The Morgan fingerprint density at radius 2 is 2.29 bits per heavy atom. The molecule has 2 rings (SSSR count). The Morgan fingerprint density at radius 1 is 1.53 bits per heavy atom. The third kappa shape index (κ3) is 2.07. The van der Waals surface area contributed by atoms with Gasteiger partial charge >= 0.3 is 11.5 Å². The molecule has 0 radical (unpaired) electrons. The maximum atomic E-state index is 11.8. The molecule has 1 heterocycles. The Morgan fingerprint density at radius 3 is 2.94 bits per heavy atom. The summed E-state index contributed by atoms with van der Waals surface area (Å²) in [6.07, 6.45) is 0. The van der Waals surface area contributed by atoms with E-state index < -0.39 is 11.5 Å². The summed E-state index contributed by atoms with van der Waals surface area (Å²) in [6.45, 7) is 0. The van der Waals surface area contributed by atoms with E-state index in [1.165, 1.54) is 7.11 Å². The highest BCUT2D eigenvalue weighted by Gasteiger charge is 2.17. The highest BCUT2D eigenvalue weighted by atomic mass is 35.5. The van der Waals surface area contributed by atoms with Crippen LogP contribution in [-0.2, 0) is 4.74 Å². The molecule has 0 aliphatic rings. The lowest BCUT2D eigenvalue weighted by Gasteiger charge is -1.99. The smallest absolute Gasteiger partial charge is 0.364 e. The molecule has 17 heavy (non-hydrogen) atoms. The molecule has 0 aliphatic carbocycles. The average Bonchev–Trinajstić information content (AvgIpc) is 2.70. The fraction of sp³-hybridized carbons (Fsp3) is 0.100. The van der Waals surface area contributed by atoms with Gasteiger partial charge in [0, 0.05) is 5.02 Å². The SMILES string of the molecule is COC(=O)c1n[nH]n(-c2cccc(Cl)c2)c1=O. The number of H-pyrrole nitrogens is 1. The van der Waals surface area contributed by atoms with Gasteiger partial charge in [0.15, 0.2) is 0 Å². The number of hydrogen-bond acceptors (Lipinski definition) is 4. The Bertz CT molecular complexity index is 617. The fourth-order valence-corrected chi connectivity index (χ4v) is 1.50. The maximum Gasteiger partial charge on any atom is 0.364 e. The molecule has 0 saturated carbocycles. The van der Waals surface area contributed by atoms with Gasteiger partial charge in [0.05, 0.1) is 12.8 Å². The molecule has 0 amide bonds.